The summed E-state index contributed by atoms with van der Waals surface area (Å²) < 4.78 is 18.6. The van der Waals surface area contributed by atoms with Crippen molar-refractivity contribution in [1.82, 2.24) is 9.78 Å². The van der Waals surface area contributed by atoms with Crippen molar-refractivity contribution >= 4 is 23.2 Å². The molecule has 0 fully saturated rings. The number of benzene rings is 2. The fourth-order valence-electron chi connectivity index (χ4n) is 4.32. The molecule has 7 nitrogen and oxygen atoms in total. The number of halogens is 1. The van der Waals surface area contributed by atoms with Gasteiger partial charge in [0.15, 0.2) is 5.76 Å². The summed E-state index contributed by atoms with van der Waals surface area (Å²) in [5.41, 5.74) is 5.35. The van der Waals surface area contributed by atoms with Crippen LogP contribution < -0.4 is 14.8 Å². The molecule has 34 heavy (non-hydrogen) atoms. The number of fused-ring (bicyclic) bond motifs is 3. The van der Waals surface area contributed by atoms with E-state index in [9.17, 15) is 4.79 Å². The first-order valence-corrected chi connectivity index (χ1v) is 11.3. The molecule has 0 radical (unpaired) electrons. The molecule has 1 N–H and O–H groups in total. The Labute approximate surface area is 202 Å². The number of nitrogens with zero attached hydrogens (tertiary/aromatic N) is 2. The van der Waals surface area contributed by atoms with Crippen molar-refractivity contribution in [2.24, 2.45) is 0 Å². The summed E-state index contributed by atoms with van der Waals surface area (Å²) in [5.74, 6) is 1.88. The minimum Gasteiger partial charge on any atom is -0.497 e. The number of ether oxygens (including phenoxy) is 2. The molecule has 0 atom stereocenters. The first-order valence-electron chi connectivity index (χ1n) is 10.9. The van der Waals surface area contributed by atoms with Gasteiger partial charge in [-0.15, -0.1) is 0 Å². The average molecular weight is 478 g/mol. The topological polar surface area (TPSA) is 78.5 Å². The highest BCUT2D eigenvalue weighted by atomic mass is 35.5. The molecule has 2 aromatic heterocycles. The predicted octanol–water partition coefficient (Wildman–Crippen LogP) is 5.52. The summed E-state index contributed by atoms with van der Waals surface area (Å²) in [6, 6.07) is 13.0. The molecule has 0 bridgehead atoms. The van der Waals surface area contributed by atoms with Crippen molar-refractivity contribution in [3.05, 3.63) is 81.9 Å². The lowest BCUT2D eigenvalue weighted by molar-refractivity contribution is 0.0993. The number of anilines is 1. The highest BCUT2D eigenvalue weighted by Crippen LogP contribution is 2.39. The largest absolute Gasteiger partial charge is 0.497 e. The quantitative estimate of drug-likeness (QED) is 0.395. The minimum absolute atomic E-state index is 0.281. The summed E-state index contributed by atoms with van der Waals surface area (Å²) >= 11 is 6.00. The van der Waals surface area contributed by atoms with Crippen molar-refractivity contribution in [3.63, 3.8) is 0 Å². The number of nitrogens with one attached hydrogen (secondary N) is 1. The molecule has 1 aliphatic carbocycles. The summed E-state index contributed by atoms with van der Waals surface area (Å²) in [6.45, 7) is 2.54. The van der Waals surface area contributed by atoms with Gasteiger partial charge in [0.2, 0.25) is 0 Å². The molecule has 1 amide bonds. The van der Waals surface area contributed by atoms with Crippen LogP contribution >= 0.6 is 11.6 Å². The van der Waals surface area contributed by atoms with Crippen LogP contribution in [-0.2, 0) is 19.4 Å². The molecule has 0 saturated carbocycles. The molecule has 5 rings (SSSR count). The van der Waals surface area contributed by atoms with Crippen molar-refractivity contribution in [2.45, 2.75) is 26.3 Å². The highest BCUT2D eigenvalue weighted by molar-refractivity contribution is 6.30. The van der Waals surface area contributed by atoms with E-state index in [2.05, 4.69) is 11.5 Å². The summed E-state index contributed by atoms with van der Waals surface area (Å²) in [6.07, 6.45) is 3.60. The van der Waals surface area contributed by atoms with Gasteiger partial charge in [0, 0.05) is 34.8 Å². The minimum atomic E-state index is -0.336. The van der Waals surface area contributed by atoms with Crippen molar-refractivity contribution < 1.29 is 18.7 Å². The number of aromatic nitrogens is 2. The first kappa shape index (κ1) is 22.1. The molecule has 0 unspecified atom stereocenters. The van der Waals surface area contributed by atoms with Crippen molar-refractivity contribution in [3.8, 4) is 22.8 Å². The molecule has 0 aliphatic heterocycles. The maximum atomic E-state index is 13.1. The van der Waals surface area contributed by atoms with E-state index in [1.54, 1.807) is 32.4 Å². The molecule has 0 spiro atoms. The number of hydrogen-bond acceptors (Lipinski definition) is 5. The van der Waals surface area contributed by atoms with Gasteiger partial charge in [-0.2, -0.15) is 5.10 Å². The fourth-order valence-corrected chi connectivity index (χ4v) is 4.44. The van der Waals surface area contributed by atoms with Crippen LogP contribution in [0.2, 0.25) is 5.02 Å². The summed E-state index contributed by atoms with van der Waals surface area (Å²) in [5, 5.41) is 8.44. The maximum Gasteiger partial charge on any atom is 0.291 e. The smallest absolute Gasteiger partial charge is 0.291 e. The lowest BCUT2D eigenvalue weighted by atomic mass is 9.93. The second kappa shape index (κ2) is 8.91. The average Bonchev–Trinajstić information content (AvgIpc) is 3.40. The normalized spacial score (nSPS) is 12.1. The number of furan rings is 1. The maximum absolute atomic E-state index is 13.1. The first-order chi connectivity index (χ1) is 16.5. The molecule has 2 heterocycles. The van der Waals surface area contributed by atoms with E-state index in [-0.39, 0.29) is 11.7 Å². The number of rotatable bonds is 6. The van der Waals surface area contributed by atoms with Gasteiger partial charge in [-0.1, -0.05) is 23.7 Å². The fraction of sp³-hybridized carbons (Fsp3) is 0.231. The summed E-state index contributed by atoms with van der Waals surface area (Å²) in [4.78, 5) is 13.1. The van der Waals surface area contributed by atoms with Crippen LogP contribution in [0.4, 0.5) is 5.69 Å². The number of carbonyl (C=O) groups is 1. The standard InChI is InChI=1S/C26H24ClN3O4/c1-15-23-21(34-25(15)26(31)28-20-10-9-19(32-2)12-22(20)33-3)11-6-17-14-30(29-24(17)23)13-16-4-7-18(27)8-5-16/h4-5,7-10,12,14H,6,11,13H2,1-3H3,(H,28,31). The predicted molar refractivity (Wildman–Crippen MR) is 130 cm³/mol. The Morgan fingerprint density at radius 1 is 1.15 bits per heavy atom. The lowest BCUT2D eigenvalue weighted by Gasteiger charge is -2.11. The van der Waals surface area contributed by atoms with Crippen LogP contribution in [-0.4, -0.2) is 29.9 Å². The van der Waals surface area contributed by atoms with E-state index in [4.69, 9.17) is 30.6 Å². The molecular weight excluding hydrogens is 454 g/mol. The van der Waals surface area contributed by atoms with Gasteiger partial charge in [-0.3, -0.25) is 9.48 Å². The van der Waals surface area contributed by atoms with E-state index in [0.717, 1.165) is 46.5 Å². The third-order valence-corrected chi connectivity index (χ3v) is 6.29. The molecule has 174 valence electrons. The van der Waals surface area contributed by atoms with Crippen LogP contribution in [0.25, 0.3) is 11.3 Å². The number of amides is 1. The van der Waals surface area contributed by atoms with Gasteiger partial charge >= 0.3 is 0 Å². The number of carbonyl (C=O) groups excluding carboxylic acids is 1. The number of aryl methyl sites for hydroxylation is 2. The van der Waals surface area contributed by atoms with Gasteiger partial charge in [-0.25, -0.2) is 0 Å². The Hall–Kier alpha value is -3.71. The van der Waals surface area contributed by atoms with Crippen LogP contribution in [0.3, 0.4) is 0 Å². The van der Waals surface area contributed by atoms with Crippen LogP contribution in [0, 0.1) is 6.92 Å². The van der Waals surface area contributed by atoms with Crippen LogP contribution in [0.5, 0.6) is 11.5 Å². The Morgan fingerprint density at radius 3 is 2.68 bits per heavy atom. The zero-order valence-electron chi connectivity index (χ0n) is 19.1. The van der Waals surface area contributed by atoms with Gasteiger partial charge in [-0.05, 0) is 48.7 Å². The van der Waals surface area contributed by atoms with Gasteiger partial charge in [0.1, 0.15) is 17.3 Å². The molecular formula is C26H24ClN3O4. The second-order valence-electron chi connectivity index (χ2n) is 8.20. The Bertz CT molecular complexity index is 1370. The second-order valence-corrected chi connectivity index (χ2v) is 8.64. The third-order valence-electron chi connectivity index (χ3n) is 6.04. The van der Waals surface area contributed by atoms with Gasteiger partial charge in [0.25, 0.3) is 5.91 Å². The Morgan fingerprint density at radius 2 is 1.94 bits per heavy atom. The SMILES string of the molecule is COc1ccc(NC(=O)c2oc3c(c2C)-c2nn(Cc4ccc(Cl)cc4)cc2CC3)c(OC)c1. The molecule has 2 aromatic carbocycles. The third kappa shape index (κ3) is 4.03. The van der Waals surface area contributed by atoms with E-state index >= 15 is 0 Å². The zero-order chi connectivity index (χ0) is 23.8. The van der Waals surface area contributed by atoms with Gasteiger partial charge in [0.05, 0.1) is 32.1 Å². The van der Waals surface area contributed by atoms with E-state index in [0.29, 0.717) is 28.8 Å². The molecule has 4 aromatic rings. The van der Waals surface area contributed by atoms with E-state index in [1.165, 1.54) is 0 Å². The Balaban J connectivity index is 1.42. The monoisotopic (exact) mass is 477 g/mol. The Kier molecular flexibility index (Phi) is 5.79. The van der Waals surface area contributed by atoms with Crippen molar-refractivity contribution in [2.75, 3.05) is 19.5 Å². The molecule has 0 saturated heterocycles. The lowest BCUT2D eigenvalue weighted by Crippen LogP contribution is -2.13. The van der Waals surface area contributed by atoms with Crippen molar-refractivity contribution in [1.29, 1.82) is 0 Å². The highest BCUT2D eigenvalue weighted by Gasteiger charge is 2.30. The zero-order valence-corrected chi connectivity index (χ0v) is 19.9. The molecule has 8 heteroatoms. The van der Waals surface area contributed by atoms with Crippen LogP contribution in [0.1, 0.15) is 33.0 Å². The van der Waals surface area contributed by atoms with Crippen LogP contribution in [0.15, 0.2) is 53.1 Å². The van der Waals surface area contributed by atoms with E-state index < -0.39 is 0 Å². The van der Waals surface area contributed by atoms with Gasteiger partial charge < -0.3 is 19.2 Å². The summed E-state index contributed by atoms with van der Waals surface area (Å²) in [7, 11) is 3.12. The van der Waals surface area contributed by atoms with E-state index in [1.807, 2.05) is 35.9 Å². The molecule has 1 aliphatic rings. The number of hydrogen-bond donors (Lipinski definition) is 1. The number of methoxy groups -OCH3 is 2.